The van der Waals surface area contributed by atoms with Crippen molar-refractivity contribution in [3.05, 3.63) is 35.9 Å². The van der Waals surface area contributed by atoms with Crippen molar-refractivity contribution in [3.63, 3.8) is 0 Å². The zero-order valence-corrected chi connectivity index (χ0v) is 8.73. The van der Waals surface area contributed by atoms with Crippen LogP contribution in [0.1, 0.15) is 24.8 Å². The molecule has 4 rings (SSSR count). The van der Waals surface area contributed by atoms with E-state index in [1.807, 2.05) is 24.4 Å². The van der Waals surface area contributed by atoms with Crippen LogP contribution < -0.4 is 0 Å². The maximum Gasteiger partial charge on any atom is 0.142 e. The van der Waals surface area contributed by atoms with Crippen LogP contribution in [-0.4, -0.2) is 6.21 Å². The summed E-state index contributed by atoms with van der Waals surface area (Å²) in [4.78, 5) is 5.29. The second kappa shape index (κ2) is 3.37. The molecular weight excluding hydrogens is 186 g/mol. The van der Waals surface area contributed by atoms with E-state index in [1.54, 1.807) is 0 Å². The van der Waals surface area contributed by atoms with E-state index >= 15 is 0 Å². The van der Waals surface area contributed by atoms with Crippen molar-refractivity contribution in [2.24, 2.45) is 16.5 Å². The van der Waals surface area contributed by atoms with Crippen LogP contribution in [-0.2, 0) is 11.4 Å². The van der Waals surface area contributed by atoms with Crippen LogP contribution in [0.4, 0.5) is 0 Å². The van der Waals surface area contributed by atoms with E-state index < -0.39 is 0 Å². The molecule has 3 saturated carbocycles. The molecule has 78 valence electrons. The second-order valence-corrected chi connectivity index (χ2v) is 4.83. The van der Waals surface area contributed by atoms with Gasteiger partial charge in [0.25, 0.3) is 0 Å². The van der Waals surface area contributed by atoms with Gasteiger partial charge in [-0.2, -0.15) is 0 Å². The normalized spacial score (nSPS) is 32.1. The second-order valence-electron chi connectivity index (χ2n) is 4.83. The first-order chi connectivity index (χ1) is 7.36. The molecule has 0 N–H and O–H groups in total. The molecule has 0 radical (unpaired) electrons. The Morgan fingerprint density at radius 3 is 2.60 bits per heavy atom. The molecule has 0 amide bonds. The largest absolute Gasteiger partial charge is 0.391 e. The van der Waals surface area contributed by atoms with E-state index in [9.17, 15) is 0 Å². The number of nitrogens with zero attached hydrogens (tertiary/aromatic N) is 1. The van der Waals surface area contributed by atoms with Crippen molar-refractivity contribution in [1.82, 2.24) is 0 Å². The quantitative estimate of drug-likeness (QED) is 0.542. The van der Waals surface area contributed by atoms with Crippen LogP contribution in [0.3, 0.4) is 0 Å². The Morgan fingerprint density at radius 2 is 2.00 bits per heavy atom. The molecule has 0 spiro atoms. The molecule has 1 aromatic carbocycles. The van der Waals surface area contributed by atoms with Gasteiger partial charge in [0.2, 0.25) is 0 Å². The van der Waals surface area contributed by atoms with Crippen molar-refractivity contribution in [3.8, 4) is 0 Å². The average molecular weight is 201 g/mol. The summed E-state index contributed by atoms with van der Waals surface area (Å²) in [7, 11) is 0. The third-order valence-electron chi connectivity index (χ3n) is 3.56. The minimum absolute atomic E-state index is 0.446. The van der Waals surface area contributed by atoms with E-state index in [2.05, 4.69) is 17.3 Å². The molecule has 2 bridgehead atoms. The Bertz CT molecular complexity index is 354. The Hall–Kier alpha value is -1.31. The molecule has 0 heterocycles. The third kappa shape index (κ3) is 1.65. The number of oxime groups is 1. The first kappa shape index (κ1) is 8.96. The number of rotatable bonds is 4. The maximum atomic E-state index is 5.29. The Labute approximate surface area is 89.9 Å². The van der Waals surface area contributed by atoms with Gasteiger partial charge in [0.05, 0.1) is 0 Å². The van der Waals surface area contributed by atoms with E-state index in [0.717, 1.165) is 5.92 Å². The molecule has 1 aromatic rings. The molecule has 2 heteroatoms. The number of hydrogen-bond donors (Lipinski definition) is 0. The summed E-state index contributed by atoms with van der Waals surface area (Å²) >= 11 is 0. The highest BCUT2D eigenvalue weighted by Gasteiger charge is 2.55. The number of benzene rings is 1. The summed E-state index contributed by atoms with van der Waals surface area (Å²) in [6.07, 6.45) is 6.04. The van der Waals surface area contributed by atoms with E-state index in [1.165, 1.54) is 24.8 Å². The van der Waals surface area contributed by atoms with Crippen LogP contribution in [0.15, 0.2) is 35.5 Å². The molecule has 3 aliphatic rings. The molecular formula is C13H15NO. The topological polar surface area (TPSA) is 21.6 Å². The first-order valence-electron chi connectivity index (χ1n) is 5.57. The van der Waals surface area contributed by atoms with Gasteiger partial charge < -0.3 is 4.84 Å². The lowest BCUT2D eigenvalue weighted by Crippen LogP contribution is -2.52. The summed E-state index contributed by atoms with van der Waals surface area (Å²) in [5.74, 6) is 1.01. The molecule has 2 nitrogen and oxygen atoms in total. The van der Waals surface area contributed by atoms with Crippen molar-refractivity contribution < 1.29 is 4.84 Å². The van der Waals surface area contributed by atoms with Gasteiger partial charge in [-0.05, 0) is 30.7 Å². The summed E-state index contributed by atoms with van der Waals surface area (Å²) < 4.78 is 0. The first-order valence-corrected chi connectivity index (χ1v) is 5.57. The highest BCUT2D eigenvalue weighted by atomic mass is 16.6. The Morgan fingerprint density at radius 1 is 1.27 bits per heavy atom. The van der Waals surface area contributed by atoms with Gasteiger partial charge in [-0.15, -0.1) is 0 Å². The van der Waals surface area contributed by atoms with Gasteiger partial charge in [-0.25, -0.2) is 0 Å². The lowest BCUT2D eigenvalue weighted by atomic mass is 9.45. The molecule has 0 unspecified atom stereocenters. The van der Waals surface area contributed by atoms with Crippen LogP contribution >= 0.6 is 0 Å². The van der Waals surface area contributed by atoms with Gasteiger partial charge in [0, 0.05) is 11.6 Å². The highest BCUT2D eigenvalue weighted by Crippen LogP contribution is 2.63. The predicted octanol–water partition coefficient (Wildman–Crippen LogP) is 2.99. The molecule has 0 saturated heterocycles. The smallest absolute Gasteiger partial charge is 0.142 e. The minimum Gasteiger partial charge on any atom is -0.391 e. The molecule has 3 aliphatic carbocycles. The minimum atomic E-state index is 0.446. The van der Waals surface area contributed by atoms with Crippen molar-refractivity contribution in [2.75, 3.05) is 0 Å². The van der Waals surface area contributed by atoms with Crippen molar-refractivity contribution in [1.29, 1.82) is 0 Å². The standard InChI is InChI=1S/C13H15NO/c1-2-4-11(5-3-1)9-15-14-10-13-6-12(7-13)8-13/h1-5,10,12H,6-9H2. The van der Waals surface area contributed by atoms with Crippen molar-refractivity contribution >= 4 is 6.21 Å². The van der Waals surface area contributed by atoms with Gasteiger partial charge in [-0.3, -0.25) is 0 Å². The molecule has 0 atom stereocenters. The van der Waals surface area contributed by atoms with Gasteiger partial charge in [-0.1, -0.05) is 35.5 Å². The monoisotopic (exact) mass is 201 g/mol. The number of hydrogen-bond acceptors (Lipinski definition) is 2. The van der Waals surface area contributed by atoms with Gasteiger partial charge in [0.15, 0.2) is 0 Å². The van der Waals surface area contributed by atoms with Crippen LogP contribution in [0.5, 0.6) is 0 Å². The fourth-order valence-electron chi connectivity index (χ4n) is 2.54. The zero-order chi connectivity index (χ0) is 10.1. The molecule has 3 fully saturated rings. The lowest BCUT2D eigenvalue weighted by molar-refractivity contribution is -0.0393. The Kier molecular flexibility index (Phi) is 2.01. The lowest BCUT2D eigenvalue weighted by Gasteiger charge is -2.59. The van der Waals surface area contributed by atoms with Crippen LogP contribution in [0.2, 0.25) is 0 Å². The summed E-state index contributed by atoms with van der Waals surface area (Å²) in [5, 5.41) is 4.07. The summed E-state index contributed by atoms with van der Waals surface area (Å²) in [6, 6.07) is 10.1. The summed E-state index contributed by atoms with van der Waals surface area (Å²) in [6.45, 7) is 0.580. The van der Waals surface area contributed by atoms with Gasteiger partial charge in [0.1, 0.15) is 6.61 Å². The zero-order valence-electron chi connectivity index (χ0n) is 8.73. The van der Waals surface area contributed by atoms with E-state index in [0.29, 0.717) is 12.0 Å². The van der Waals surface area contributed by atoms with Crippen LogP contribution in [0.25, 0.3) is 0 Å². The fraction of sp³-hybridized carbons (Fsp3) is 0.462. The Balaban J connectivity index is 1.47. The van der Waals surface area contributed by atoms with Crippen molar-refractivity contribution in [2.45, 2.75) is 25.9 Å². The average Bonchev–Trinajstić information content (AvgIpc) is 2.14. The SMILES string of the molecule is C(=NOCc1ccccc1)C12CC(C1)C2. The highest BCUT2D eigenvalue weighted by molar-refractivity contribution is 5.69. The van der Waals surface area contributed by atoms with E-state index in [-0.39, 0.29) is 0 Å². The third-order valence-corrected chi connectivity index (χ3v) is 3.56. The molecule has 0 aromatic heterocycles. The molecule has 0 aliphatic heterocycles. The predicted molar refractivity (Wildman–Crippen MR) is 59.5 cm³/mol. The van der Waals surface area contributed by atoms with Gasteiger partial charge >= 0.3 is 0 Å². The van der Waals surface area contributed by atoms with Crippen LogP contribution in [0, 0.1) is 11.3 Å². The van der Waals surface area contributed by atoms with E-state index in [4.69, 9.17) is 4.84 Å². The maximum absolute atomic E-state index is 5.29. The molecule has 15 heavy (non-hydrogen) atoms. The fourth-order valence-corrected chi connectivity index (χ4v) is 2.54. The summed E-state index contributed by atoms with van der Waals surface area (Å²) in [5.41, 5.74) is 1.62.